The molecule has 4 nitrogen and oxygen atoms in total. The molecule has 1 N–H and O–H groups in total. The van der Waals surface area contributed by atoms with Crippen LogP contribution in [0.25, 0.3) is 0 Å². The van der Waals surface area contributed by atoms with Crippen molar-refractivity contribution in [1.82, 2.24) is 0 Å². The Bertz CT molecular complexity index is 217. The molecule has 0 aromatic rings. The molecule has 2 atom stereocenters. The lowest BCUT2D eigenvalue weighted by atomic mass is 10.1. The van der Waals surface area contributed by atoms with Crippen LogP contribution in [0.2, 0.25) is 0 Å². The summed E-state index contributed by atoms with van der Waals surface area (Å²) in [7, 11) is 0. The Kier molecular flexibility index (Phi) is 3.75. The van der Waals surface area contributed by atoms with Crippen molar-refractivity contribution in [3.63, 3.8) is 0 Å². The Hall–Kier alpha value is -0.320. The number of carboxylic acid groups (broad SMARTS) is 1. The first-order valence-electron chi connectivity index (χ1n) is 4.56. The molecule has 1 saturated heterocycles. The van der Waals surface area contributed by atoms with Gasteiger partial charge in [0.05, 0.1) is 18.6 Å². The maximum absolute atomic E-state index is 10.5. The lowest BCUT2D eigenvalue weighted by Crippen LogP contribution is -2.45. The highest BCUT2D eigenvalue weighted by atomic mass is 35.5. The molecule has 1 fully saturated rings. The molecular weight excluding hydrogens is 208 g/mol. The zero-order chi connectivity index (χ0) is 10.8. The first-order chi connectivity index (χ1) is 6.43. The van der Waals surface area contributed by atoms with Crippen LogP contribution >= 0.6 is 11.6 Å². The molecular formula is C9H15ClO4. The lowest BCUT2D eigenvalue weighted by molar-refractivity contribution is -0.295. The van der Waals surface area contributed by atoms with Crippen molar-refractivity contribution in [3.05, 3.63) is 0 Å². The summed E-state index contributed by atoms with van der Waals surface area (Å²) in [5.41, 5.74) is 0. The zero-order valence-electron chi connectivity index (χ0n) is 8.33. The molecule has 1 unspecified atom stereocenters. The molecule has 0 aromatic heterocycles. The van der Waals surface area contributed by atoms with Crippen LogP contribution in [-0.4, -0.2) is 35.0 Å². The van der Waals surface area contributed by atoms with Gasteiger partial charge in [0.2, 0.25) is 0 Å². The summed E-state index contributed by atoms with van der Waals surface area (Å²) in [6.07, 6.45) is 0.115. The molecule has 0 spiro atoms. The second-order valence-electron chi connectivity index (χ2n) is 3.87. The molecule has 14 heavy (non-hydrogen) atoms. The molecule has 1 aliphatic heterocycles. The van der Waals surface area contributed by atoms with Crippen LogP contribution in [0.15, 0.2) is 0 Å². The van der Waals surface area contributed by atoms with E-state index >= 15 is 0 Å². The van der Waals surface area contributed by atoms with Crippen molar-refractivity contribution in [2.75, 3.05) is 5.88 Å². The van der Waals surface area contributed by atoms with Crippen molar-refractivity contribution >= 4 is 17.6 Å². The molecule has 5 heteroatoms. The van der Waals surface area contributed by atoms with Gasteiger partial charge < -0.3 is 14.6 Å². The van der Waals surface area contributed by atoms with E-state index in [0.29, 0.717) is 12.3 Å². The normalized spacial score (nSPS) is 31.4. The first-order valence-corrected chi connectivity index (χ1v) is 5.10. The number of hydrogen-bond donors (Lipinski definition) is 1. The van der Waals surface area contributed by atoms with Crippen LogP contribution in [0.3, 0.4) is 0 Å². The van der Waals surface area contributed by atoms with Gasteiger partial charge in [0.25, 0.3) is 0 Å². The molecule has 82 valence electrons. The zero-order valence-corrected chi connectivity index (χ0v) is 9.08. The third kappa shape index (κ3) is 3.44. The maximum atomic E-state index is 10.5. The van der Waals surface area contributed by atoms with Crippen LogP contribution in [0.5, 0.6) is 0 Å². The number of carboxylic acids is 1. The fourth-order valence-electron chi connectivity index (χ4n) is 1.63. The molecule has 0 aliphatic carbocycles. The fraction of sp³-hybridized carbons (Fsp3) is 0.889. The monoisotopic (exact) mass is 222 g/mol. The van der Waals surface area contributed by atoms with Crippen molar-refractivity contribution in [2.24, 2.45) is 0 Å². The van der Waals surface area contributed by atoms with E-state index in [9.17, 15) is 4.79 Å². The quantitative estimate of drug-likeness (QED) is 0.738. The molecule has 0 saturated carbocycles. The second-order valence-corrected chi connectivity index (χ2v) is 4.18. The third-order valence-corrected chi connectivity index (χ3v) is 2.35. The van der Waals surface area contributed by atoms with E-state index in [1.165, 1.54) is 0 Å². The van der Waals surface area contributed by atoms with Gasteiger partial charge in [-0.25, -0.2) is 0 Å². The Labute approximate surface area is 88.1 Å². The molecule has 0 bridgehead atoms. The summed E-state index contributed by atoms with van der Waals surface area (Å²) in [4.78, 5) is 10.5. The summed E-state index contributed by atoms with van der Waals surface area (Å²) in [5, 5.41) is 8.64. The van der Waals surface area contributed by atoms with E-state index in [0.717, 1.165) is 0 Å². The van der Waals surface area contributed by atoms with Crippen molar-refractivity contribution in [2.45, 2.75) is 44.7 Å². The number of alkyl halides is 1. The van der Waals surface area contributed by atoms with Crippen LogP contribution in [0, 0.1) is 0 Å². The van der Waals surface area contributed by atoms with E-state index in [1.54, 1.807) is 13.8 Å². The minimum absolute atomic E-state index is 0.000177. The highest BCUT2D eigenvalue weighted by Gasteiger charge is 2.35. The smallest absolute Gasteiger partial charge is 0.305 e. The number of hydrogen-bond acceptors (Lipinski definition) is 3. The van der Waals surface area contributed by atoms with Crippen molar-refractivity contribution < 1.29 is 19.4 Å². The molecule has 0 radical (unpaired) electrons. The number of carbonyl (C=O) groups is 1. The standard InChI is InChI=1S/C9H15ClO4/c1-9(2)13-6(4-8(11)12)3-7(5-10)14-9/h6-7H,3-5H2,1-2H3,(H,11,12)/t6-,7?/m1/s1. The number of aliphatic carboxylic acids is 1. The first kappa shape index (κ1) is 11.8. The van der Waals surface area contributed by atoms with Gasteiger partial charge in [0.15, 0.2) is 5.79 Å². The number of halogens is 1. The van der Waals surface area contributed by atoms with Gasteiger partial charge in [-0.2, -0.15) is 0 Å². The minimum Gasteiger partial charge on any atom is -0.481 e. The highest BCUT2D eigenvalue weighted by Crippen LogP contribution is 2.28. The van der Waals surface area contributed by atoms with Crippen LogP contribution in [0.4, 0.5) is 0 Å². The van der Waals surface area contributed by atoms with Gasteiger partial charge in [-0.15, -0.1) is 11.6 Å². The molecule has 1 aliphatic rings. The van der Waals surface area contributed by atoms with Crippen molar-refractivity contribution in [3.8, 4) is 0 Å². The highest BCUT2D eigenvalue weighted by molar-refractivity contribution is 6.18. The Morgan fingerprint density at radius 1 is 1.50 bits per heavy atom. The van der Waals surface area contributed by atoms with Crippen LogP contribution < -0.4 is 0 Å². The van der Waals surface area contributed by atoms with Gasteiger partial charge in [0.1, 0.15) is 0 Å². The van der Waals surface area contributed by atoms with E-state index in [-0.39, 0.29) is 18.6 Å². The number of rotatable bonds is 3. The summed E-state index contributed by atoms with van der Waals surface area (Å²) in [5.74, 6) is -1.23. The van der Waals surface area contributed by atoms with Gasteiger partial charge in [-0.3, -0.25) is 4.79 Å². The predicted molar refractivity (Wildman–Crippen MR) is 51.4 cm³/mol. The predicted octanol–water partition coefficient (Wildman–Crippen LogP) is 1.61. The fourth-order valence-corrected chi connectivity index (χ4v) is 1.82. The average molecular weight is 223 g/mol. The molecule has 1 rings (SSSR count). The Balaban J connectivity index is 2.56. The SMILES string of the molecule is CC1(C)OC(CCl)C[C@H](CC(=O)O)O1. The Morgan fingerprint density at radius 3 is 2.57 bits per heavy atom. The summed E-state index contributed by atoms with van der Waals surface area (Å²) in [6, 6.07) is 0. The van der Waals surface area contributed by atoms with Gasteiger partial charge in [-0.1, -0.05) is 0 Å². The largest absolute Gasteiger partial charge is 0.481 e. The number of ether oxygens (including phenoxy) is 2. The Morgan fingerprint density at radius 2 is 2.07 bits per heavy atom. The van der Waals surface area contributed by atoms with Gasteiger partial charge >= 0.3 is 5.97 Å². The van der Waals surface area contributed by atoms with E-state index < -0.39 is 11.8 Å². The topological polar surface area (TPSA) is 55.8 Å². The average Bonchev–Trinajstić information content (AvgIpc) is 1.99. The van der Waals surface area contributed by atoms with E-state index in [4.69, 9.17) is 26.2 Å². The summed E-state index contributed by atoms with van der Waals surface area (Å²) < 4.78 is 10.9. The third-order valence-electron chi connectivity index (χ3n) is 2.00. The van der Waals surface area contributed by atoms with Crippen LogP contribution in [0.1, 0.15) is 26.7 Å². The lowest BCUT2D eigenvalue weighted by Gasteiger charge is -2.39. The summed E-state index contributed by atoms with van der Waals surface area (Å²) in [6.45, 7) is 3.53. The second kappa shape index (κ2) is 4.47. The molecule has 0 amide bonds. The van der Waals surface area contributed by atoms with Crippen molar-refractivity contribution in [1.29, 1.82) is 0 Å². The van der Waals surface area contributed by atoms with E-state index in [1.807, 2.05) is 0 Å². The van der Waals surface area contributed by atoms with Gasteiger partial charge in [-0.05, 0) is 13.8 Å². The summed E-state index contributed by atoms with van der Waals surface area (Å²) >= 11 is 5.68. The van der Waals surface area contributed by atoms with Gasteiger partial charge in [0, 0.05) is 12.3 Å². The van der Waals surface area contributed by atoms with E-state index in [2.05, 4.69) is 0 Å². The maximum Gasteiger partial charge on any atom is 0.305 e. The van der Waals surface area contributed by atoms with Crippen LogP contribution in [-0.2, 0) is 14.3 Å². The molecule has 1 heterocycles. The minimum atomic E-state index is -0.860. The molecule has 0 aromatic carbocycles.